The Morgan fingerprint density at radius 1 is 1.29 bits per heavy atom. The fourth-order valence-electron chi connectivity index (χ4n) is 1.66. The summed E-state index contributed by atoms with van der Waals surface area (Å²) in [6, 6.07) is -0.681. The number of carbonyl (C=O) groups is 2. The van der Waals surface area contributed by atoms with Gasteiger partial charge in [-0.1, -0.05) is 0 Å². The molecule has 1 heterocycles. The fourth-order valence-corrected chi connectivity index (χ4v) is 1.66. The highest BCUT2D eigenvalue weighted by Gasteiger charge is 2.24. The van der Waals surface area contributed by atoms with Crippen molar-refractivity contribution >= 4 is 24.3 Å². The number of likely N-dealkylation sites (N-methyl/N-ethyl adjacent to an activating group) is 1. The number of halogens is 1. The lowest BCUT2D eigenvalue weighted by molar-refractivity contribution is -0.138. The van der Waals surface area contributed by atoms with Crippen LogP contribution in [0, 0.1) is 0 Å². The van der Waals surface area contributed by atoms with E-state index in [1.807, 2.05) is 7.05 Å². The highest BCUT2D eigenvalue weighted by molar-refractivity contribution is 5.85. The predicted octanol–water partition coefficient (Wildman–Crippen LogP) is -0.626. The van der Waals surface area contributed by atoms with Gasteiger partial charge in [-0.05, 0) is 13.5 Å². The van der Waals surface area contributed by atoms with Crippen LogP contribution in [0.2, 0.25) is 0 Å². The lowest BCUT2D eigenvalue weighted by Gasteiger charge is -2.33. The number of carbonyl (C=O) groups excluding carboxylic acids is 1. The molecule has 1 rings (SSSR count). The van der Waals surface area contributed by atoms with Gasteiger partial charge in [0.15, 0.2) is 0 Å². The molecule has 3 N–H and O–H groups in total. The highest BCUT2D eigenvalue weighted by Crippen LogP contribution is 2.04. The summed E-state index contributed by atoms with van der Waals surface area (Å²) >= 11 is 0. The van der Waals surface area contributed by atoms with Crippen molar-refractivity contribution in [1.29, 1.82) is 0 Å². The summed E-state index contributed by atoms with van der Waals surface area (Å²) in [7, 11) is 2.01. The maximum Gasteiger partial charge on any atom is 0.303 e. The molecule has 7 heteroatoms. The van der Waals surface area contributed by atoms with Gasteiger partial charge < -0.3 is 20.6 Å². The topological polar surface area (TPSA) is 86.9 Å². The van der Waals surface area contributed by atoms with Gasteiger partial charge in [-0.15, -0.1) is 12.4 Å². The second-order valence-electron chi connectivity index (χ2n) is 4.17. The number of hydrogen-bond acceptors (Lipinski definition) is 4. The van der Waals surface area contributed by atoms with Crippen LogP contribution in [0.25, 0.3) is 0 Å². The van der Waals surface area contributed by atoms with Crippen LogP contribution in [0.5, 0.6) is 0 Å². The molecule has 0 unspecified atom stereocenters. The van der Waals surface area contributed by atoms with Gasteiger partial charge in [-0.25, -0.2) is 0 Å². The number of nitrogens with two attached hydrogens (primary N) is 1. The molecule has 0 aromatic rings. The van der Waals surface area contributed by atoms with Crippen LogP contribution in [0.4, 0.5) is 0 Å². The Balaban J connectivity index is 0.00000256. The van der Waals surface area contributed by atoms with Crippen LogP contribution < -0.4 is 5.73 Å². The van der Waals surface area contributed by atoms with E-state index in [0.29, 0.717) is 13.1 Å². The van der Waals surface area contributed by atoms with Gasteiger partial charge in [0.05, 0.1) is 6.04 Å². The maximum atomic E-state index is 11.8. The molecule has 0 bridgehead atoms. The third-order valence-corrected chi connectivity index (χ3v) is 2.80. The molecule has 0 saturated carbocycles. The Morgan fingerprint density at radius 2 is 1.82 bits per heavy atom. The molecular weight excluding hydrogens is 246 g/mol. The molecule has 1 amide bonds. The summed E-state index contributed by atoms with van der Waals surface area (Å²) in [5.74, 6) is -1.05. The average Bonchev–Trinajstić information content (AvgIpc) is 2.26. The van der Waals surface area contributed by atoms with Crippen molar-refractivity contribution in [3.8, 4) is 0 Å². The van der Waals surface area contributed by atoms with Gasteiger partial charge in [0.25, 0.3) is 0 Å². The molecule has 17 heavy (non-hydrogen) atoms. The number of carboxylic acids is 1. The highest BCUT2D eigenvalue weighted by atomic mass is 35.5. The molecule has 6 nitrogen and oxygen atoms in total. The minimum absolute atomic E-state index is 0. The van der Waals surface area contributed by atoms with E-state index in [-0.39, 0.29) is 31.2 Å². The lowest BCUT2D eigenvalue weighted by Crippen LogP contribution is -2.52. The Kier molecular flexibility index (Phi) is 7.10. The predicted molar refractivity (Wildman–Crippen MR) is 66.2 cm³/mol. The van der Waals surface area contributed by atoms with E-state index in [1.165, 1.54) is 0 Å². The fraction of sp³-hybridized carbons (Fsp3) is 0.800. The standard InChI is InChI=1S/C10H19N3O3.ClH/c1-12-4-6-13(7-5-12)10(16)8(11)2-3-9(14)15;/h8H,2-7,11H2,1H3,(H,14,15);1H/t8-;/m0./s1. The van der Waals surface area contributed by atoms with Crippen molar-refractivity contribution in [3.63, 3.8) is 0 Å². The summed E-state index contributed by atoms with van der Waals surface area (Å²) in [6.45, 7) is 3.04. The first kappa shape index (κ1) is 16.1. The quantitative estimate of drug-likeness (QED) is 0.707. The van der Waals surface area contributed by atoms with Crippen LogP contribution in [-0.2, 0) is 9.59 Å². The van der Waals surface area contributed by atoms with Crippen molar-refractivity contribution < 1.29 is 14.7 Å². The smallest absolute Gasteiger partial charge is 0.303 e. The summed E-state index contributed by atoms with van der Waals surface area (Å²) in [5.41, 5.74) is 5.66. The lowest BCUT2D eigenvalue weighted by atomic mass is 10.1. The zero-order chi connectivity index (χ0) is 12.1. The van der Waals surface area contributed by atoms with E-state index in [1.54, 1.807) is 4.90 Å². The summed E-state index contributed by atoms with van der Waals surface area (Å²) in [4.78, 5) is 26.0. The molecule has 1 aliphatic rings. The largest absolute Gasteiger partial charge is 0.481 e. The maximum absolute atomic E-state index is 11.8. The molecule has 0 aliphatic carbocycles. The van der Waals surface area contributed by atoms with Gasteiger partial charge in [-0.2, -0.15) is 0 Å². The van der Waals surface area contributed by atoms with Gasteiger partial charge in [0.1, 0.15) is 0 Å². The number of aliphatic carboxylic acids is 1. The minimum atomic E-state index is -0.915. The minimum Gasteiger partial charge on any atom is -0.481 e. The van der Waals surface area contributed by atoms with Crippen molar-refractivity contribution in [2.75, 3.05) is 33.2 Å². The normalized spacial score (nSPS) is 18.4. The molecule has 100 valence electrons. The summed E-state index contributed by atoms with van der Waals surface area (Å²) in [5, 5.41) is 8.50. The van der Waals surface area contributed by atoms with Crippen LogP contribution in [0.3, 0.4) is 0 Å². The van der Waals surface area contributed by atoms with Crippen molar-refractivity contribution in [3.05, 3.63) is 0 Å². The zero-order valence-corrected chi connectivity index (χ0v) is 10.8. The number of carboxylic acid groups (broad SMARTS) is 1. The van der Waals surface area contributed by atoms with Crippen molar-refractivity contribution in [2.45, 2.75) is 18.9 Å². The number of amides is 1. The number of piperazine rings is 1. The second-order valence-corrected chi connectivity index (χ2v) is 4.17. The first-order valence-corrected chi connectivity index (χ1v) is 5.45. The summed E-state index contributed by atoms with van der Waals surface area (Å²) < 4.78 is 0. The number of nitrogens with zero attached hydrogens (tertiary/aromatic N) is 2. The molecular formula is C10H20ClN3O3. The van der Waals surface area contributed by atoms with E-state index in [0.717, 1.165) is 13.1 Å². The van der Waals surface area contributed by atoms with Crippen molar-refractivity contribution in [2.24, 2.45) is 5.73 Å². The van der Waals surface area contributed by atoms with E-state index >= 15 is 0 Å². The molecule has 1 aliphatic heterocycles. The van der Waals surface area contributed by atoms with Crippen LogP contribution in [0.1, 0.15) is 12.8 Å². The third-order valence-electron chi connectivity index (χ3n) is 2.80. The van der Waals surface area contributed by atoms with E-state index in [9.17, 15) is 9.59 Å². The second kappa shape index (κ2) is 7.47. The molecule has 1 saturated heterocycles. The SMILES string of the molecule is CN1CCN(C(=O)[C@@H](N)CCC(=O)O)CC1.Cl. The molecule has 1 atom stereocenters. The Hall–Kier alpha value is -0.850. The van der Waals surface area contributed by atoms with Gasteiger partial charge in [-0.3, -0.25) is 9.59 Å². The number of hydrogen-bond donors (Lipinski definition) is 2. The molecule has 0 aromatic heterocycles. The van der Waals surface area contributed by atoms with E-state index in [2.05, 4.69) is 4.90 Å². The van der Waals surface area contributed by atoms with Crippen LogP contribution >= 0.6 is 12.4 Å². The monoisotopic (exact) mass is 265 g/mol. The first-order chi connectivity index (χ1) is 7.50. The number of rotatable bonds is 4. The average molecular weight is 266 g/mol. The zero-order valence-electron chi connectivity index (χ0n) is 9.96. The summed E-state index contributed by atoms with van der Waals surface area (Å²) in [6.07, 6.45) is 0.154. The first-order valence-electron chi connectivity index (χ1n) is 5.45. The Bertz CT molecular complexity index is 268. The Morgan fingerprint density at radius 3 is 2.29 bits per heavy atom. The van der Waals surface area contributed by atoms with Gasteiger partial charge in [0, 0.05) is 32.6 Å². The molecule has 1 fully saturated rings. The van der Waals surface area contributed by atoms with E-state index < -0.39 is 12.0 Å². The molecule has 0 aromatic carbocycles. The van der Waals surface area contributed by atoms with Gasteiger partial charge in [0.2, 0.25) is 5.91 Å². The van der Waals surface area contributed by atoms with Gasteiger partial charge >= 0.3 is 5.97 Å². The Labute approximate surface area is 107 Å². The van der Waals surface area contributed by atoms with Crippen LogP contribution in [-0.4, -0.2) is 66.1 Å². The third kappa shape index (κ3) is 5.34. The van der Waals surface area contributed by atoms with E-state index in [4.69, 9.17) is 10.8 Å². The molecule has 0 radical (unpaired) electrons. The van der Waals surface area contributed by atoms with Crippen LogP contribution in [0.15, 0.2) is 0 Å². The van der Waals surface area contributed by atoms with Crippen molar-refractivity contribution in [1.82, 2.24) is 9.80 Å². The molecule has 0 spiro atoms.